The van der Waals surface area contributed by atoms with E-state index in [-0.39, 0.29) is 12.0 Å². The number of aromatic amines is 1. The summed E-state index contributed by atoms with van der Waals surface area (Å²) in [6.45, 7) is 1.99. The van der Waals surface area contributed by atoms with Crippen molar-refractivity contribution in [2.45, 2.75) is 69.4 Å². The Morgan fingerprint density at radius 2 is 1.81 bits per heavy atom. The molecule has 0 amide bonds. The quantitative estimate of drug-likeness (QED) is 0.182. The second-order valence-corrected chi connectivity index (χ2v) is 11.2. The van der Waals surface area contributed by atoms with E-state index in [9.17, 15) is 43.8 Å². The number of H-pyrrole nitrogens is 1. The van der Waals surface area contributed by atoms with Gasteiger partial charge in [-0.15, -0.1) is 0 Å². The van der Waals surface area contributed by atoms with Crippen molar-refractivity contribution in [2.75, 3.05) is 13.7 Å². The molecule has 3 heterocycles. The third-order valence-electron chi connectivity index (χ3n) is 5.56. The molecule has 36 heavy (non-hydrogen) atoms. The van der Waals surface area contributed by atoms with Gasteiger partial charge >= 0.3 is 21.3 Å². The molecule has 17 nitrogen and oxygen atoms in total. The molecule has 1 aromatic rings. The van der Waals surface area contributed by atoms with Gasteiger partial charge in [0, 0.05) is 25.3 Å². The van der Waals surface area contributed by atoms with Crippen LogP contribution in [0.3, 0.4) is 0 Å². The van der Waals surface area contributed by atoms with Crippen molar-refractivity contribution in [3.63, 3.8) is 0 Å². The van der Waals surface area contributed by atoms with Crippen molar-refractivity contribution in [3.05, 3.63) is 32.6 Å². The number of phosphoric ester groups is 2. The van der Waals surface area contributed by atoms with E-state index in [1.165, 1.54) is 20.0 Å². The molecule has 2 aliphatic heterocycles. The van der Waals surface area contributed by atoms with Gasteiger partial charge in [0.25, 0.3) is 5.56 Å². The molecular weight excluding hydrogens is 534 g/mol. The van der Waals surface area contributed by atoms with Crippen molar-refractivity contribution in [2.24, 2.45) is 0 Å². The highest BCUT2D eigenvalue weighted by molar-refractivity contribution is 7.61. The van der Waals surface area contributed by atoms with E-state index >= 15 is 0 Å². The van der Waals surface area contributed by atoms with E-state index < -0.39 is 82.6 Å². The number of ether oxygens (including phenoxy) is 3. The zero-order chi connectivity index (χ0) is 27.0. The molecule has 2 unspecified atom stereocenters. The molecule has 0 aliphatic carbocycles. The van der Waals surface area contributed by atoms with Gasteiger partial charge in [0.1, 0.15) is 30.6 Å². The van der Waals surface area contributed by atoms with Gasteiger partial charge in [-0.2, -0.15) is 4.31 Å². The summed E-state index contributed by atoms with van der Waals surface area (Å²) in [6, 6.07) is 0. The molecule has 1 aromatic heterocycles. The average molecular weight is 562 g/mol. The lowest BCUT2D eigenvalue weighted by molar-refractivity contribution is -0.277. The van der Waals surface area contributed by atoms with E-state index in [4.69, 9.17) is 18.7 Å². The number of hydrogen-bond donors (Lipinski definition) is 6. The van der Waals surface area contributed by atoms with E-state index in [0.717, 1.165) is 11.7 Å². The fourth-order valence-corrected chi connectivity index (χ4v) is 5.80. The van der Waals surface area contributed by atoms with Gasteiger partial charge in [-0.25, -0.2) is 13.9 Å². The Bertz CT molecular complexity index is 1140. The first-order valence-corrected chi connectivity index (χ1v) is 13.5. The summed E-state index contributed by atoms with van der Waals surface area (Å²) < 4.78 is 54.8. The Balaban J connectivity index is 1.60. The van der Waals surface area contributed by atoms with Crippen molar-refractivity contribution in [1.82, 2.24) is 9.55 Å². The number of aliphatic hydroxyl groups excluding tert-OH is 3. The van der Waals surface area contributed by atoms with Crippen molar-refractivity contribution >= 4 is 15.6 Å². The lowest BCUT2D eigenvalue weighted by atomic mass is 10.00. The summed E-state index contributed by atoms with van der Waals surface area (Å²) in [5.41, 5.74) is -1.20. The molecule has 206 valence electrons. The summed E-state index contributed by atoms with van der Waals surface area (Å²) in [5, 5.41) is 30.1. The van der Waals surface area contributed by atoms with E-state index in [1.807, 2.05) is 0 Å². The molecule has 2 aliphatic rings. The number of aliphatic hydroxyl groups is 3. The highest BCUT2D eigenvalue weighted by Gasteiger charge is 2.48. The number of aryl methyl sites for hydroxylation is 1. The Morgan fingerprint density at radius 3 is 2.44 bits per heavy atom. The van der Waals surface area contributed by atoms with Crippen LogP contribution in [-0.2, 0) is 36.7 Å². The van der Waals surface area contributed by atoms with Crippen LogP contribution in [0.1, 0.15) is 25.1 Å². The minimum Gasteiger partial charge on any atom is -0.390 e. The summed E-state index contributed by atoms with van der Waals surface area (Å²) in [4.78, 5) is 45.5. The number of rotatable bonds is 9. The number of nitrogens with zero attached hydrogens (tertiary/aromatic N) is 1. The average Bonchev–Trinajstić information content (AvgIpc) is 3.13. The zero-order valence-corrected chi connectivity index (χ0v) is 21.1. The van der Waals surface area contributed by atoms with Gasteiger partial charge in [0.2, 0.25) is 0 Å². The molecule has 0 bridgehead atoms. The van der Waals surface area contributed by atoms with Gasteiger partial charge in [-0.05, 0) is 13.8 Å². The van der Waals surface area contributed by atoms with Crippen LogP contribution in [0.4, 0.5) is 0 Å². The van der Waals surface area contributed by atoms with Gasteiger partial charge < -0.3 is 39.3 Å². The van der Waals surface area contributed by atoms with Gasteiger partial charge in [-0.1, -0.05) is 0 Å². The first kappa shape index (κ1) is 29.3. The first-order valence-electron chi connectivity index (χ1n) is 10.5. The normalized spacial score (nSPS) is 36.3. The highest BCUT2D eigenvalue weighted by Crippen LogP contribution is 2.61. The van der Waals surface area contributed by atoms with Gasteiger partial charge in [0.15, 0.2) is 6.29 Å². The molecule has 0 saturated carbocycles. The van der Waals surface area contributed by atoms with E-state index in [2.05, 4.69) is 13.8 Å². The maximum Gasteiger partial charge on any atom is 0.483 e. The Labute approximate surface area is 203 Å². The van der Waals surface area contributed by atoms with Crippen LogP contribution in [0.5, 0.6) is 0 Å². The number of hydrogen-bond acceptors (Lipinski definition) is 13. The number of nitrogens with one attached hydrogen (secondary N) is 1. The number of aromatic nitrogens is 2. The maximum atomic E-state index is 12.3. The highest BCUT2D eigenvalue weighted by atomic mass is 31.3. The van der Waals surface area contributed by atoms with E-state index in [1.54, 1.807) is 0 Å². The SMILES string of the molecule is CO[C@H]1[C@@H](OP(=O)(O)OP(=O)(O)OC[C@H]2O[C@@H](n3cc(C)c(=O)[nH]c3=O)C[C@@H]2O)O[C@H](C)[C@@H](O)[C@H]1O. The van der Waals surface area contributed by atoms with Crippen LogP contribution in [0, 0.1) is 6.92 Å². The Morgan fingerprint density at radius 1 is 1.14 bits per heavy atom. The van der Waals surface area contributed by atoms with Crippen LogP contribution >= 0.6 is 15.6 Å². The number of methoxy groups -OCH3 is 1. The van der Waals surface area contributed by atoms with Crippen LogP contribution < -0.4 is 11.2 Å². The lowest BCUT2D eigenvalue weighted by Gasteiger charge is -2.40. The topological polar surface area (TPSA) is 246 Å². The van der Waals surface area contributed by atoms with Crippen molar-refractivity contribution < 1.29 is 61.8 Å². The smallest absolute Gasteiger partial charge is 0.390 e. The molecule has 2 fully saturated rings. The molecule has 3 rings (SSSR count). The third kappa shape index (κ3) is 6.76. The van der Waals surface area contributed by atoms with Gasteiger partial charge in [-0.3, -0.25) is 23.4 Å². The van der Waals surface area contributed by atoms with Crippen LogP contribution in [-0.4, -0.2) is 91.3 Å². The van der Waals surface area contributed by atoms with Crippen LogP contribution in [0.2, 0.25) is 0 Å². The largest absolute Gasteiger partial charge is 0.483 e. The number of phosphoric acid groups is 2. The fourth-order valence-electron chi connectivity index (χ4n) is 3.65. The molecule has 19 heteroatoms. The molecule has 0 spiro atoms. The first-order chi connectivity index (χ1) is 16.6. The standard InChI is InChI=1S/C17H28N2O15P2/c1-7-5-19(17(24)18-15(7)23)11-4-9(20)10(32-11)6-30-35(25,26)34-36(27,28)33-16-14(29-3)13(22)12(21)8(2)31-16/h5,8-14,16,20-22H,4,6H2,1-3H3,(H,25,26)(H,27,28)(H,18,23,24)/t8-,9+,10-,11-,12-,13-,14-,16-/m1/s1. The monoisotopic (exact) mass is 562 g/mol. The molecule has 10 atom stereocenters. The molecule has 6 N–H and O–H groups in total. The zero-order valence-electron chi connectivity index (χ0n) is 19.3. The maximum absolute atomic E-state index is 12.3. The second-order valence-electron chi connectivity index (χ2n) is 8.22. The summed E-state index contributed by atoms with van der Waals surface area (Å²) >= 11 is 0. The molecular formula is C17H28N2O15P2. The second kappa shape index (κ2) is 11.2. The van der Waals surface area contributed by atoms with Crippen molar-refractivity contribution in [3.8, 4) is 0 Å². The van der Waals surface area contributed by atoms with Crippen LogP contribution in [0.15, 0.2) is 15.8 Å². The Hall–Kier alpha value is -1.30. The third-order valence-corrected chi connectivity index (χ3v) is 8.16. The summed E-state index contributed by atoms with van der Waals surface area (Å²) in [6.07, 6.45) is -9.74. The molecule has 0 radical (unpaired) electrons. The predicted octanol–water partition coefficient (Wildman–Crippen LogP) is -1.77. The minimum atomic E-state index is -5.38. The minimum absolute atomic E-state index is 0.138. The fraction of sp³-hybridized carbons (Fsp3) is 0.765. The Kier molecular flexibility index (Phi) is 9.11. The molecule has 0 aromatic carbocycles. The predicted molar refractivity (Wildman–Crippen MR) is 116 cm³/mol. The van der Waals surface area contributed by atoms with Crippen LogP contribution in [0.25, 0.3) is 0 Å². The lowest BCUT2D eigenvalue weighted by Crippen LogP contribution is -2.57. The van der Waals surface area contributed by atoms with Crippen molar-refractivity contribution in [1.29, 1.82) is 0 Å². The summed E-state index contributed by atoms with van der Waals surface area (Å²) in [5.74, 6) is 0. The molecule has 2 saturated heterocycles. The van der Waals surface area contributed by atoms with E-state index in [0.29, 0.717) is 0 Å². The van der Waals surface area contributed by atoms with Gasteiger partial charge in [0.05, 0.1) is 18.8 Å². The summed E-state index contributed by atoms with van der Waals surface area (Å²) in [7, 11) is -9.58.